The van der Waals surface area contributed by atoms with E-state index >= 15 is 0 Å². The molecule has 1 aliphatic rings. The van der Waals surface area contributed by atoms with Crippen LogP contribution in [-0.4, -0.2) is 35.6 Å². The van der Waals surface area contributed by atoms with Crippen molar-refractivity contribution in [3.63, 3.8) is 0 Å². The lowest BCUT2D eigenvalue weighted by atomic mass is 10.1. The van der Waals surface area contributed by atoms with E-state index in [1.807, 2.05) is 13.8 Å². The minimum atomic E-state index is -0.628. The zero-order valence-corrected chi connectivity index (χ0v) is 13.0. The van der Waals surface area contributed by atoms with E-state index in [4.69, 9.17) is 21.6 Å². The molecular weight excluding hydrogens is 270 g/mol. The molecule has 7 N–H and O–H groups in total. The number of nitrogens with two attached hydrogens (primary N) is 2. The average molecular weight is 297 g/mol. The van der Waals surface area contributed by atoms with Crippen LogP contribution in [0.25, 0.3) is 0 Å². The van der Waals surface area contributed by atoms with Crippen molar-refractivity contribution in [2.24, 2.45) is 16.5 Å². The Morgan fingerprint density at radius 3 is 2.48 bits per heavy atom. The second-order valence-electron chi connectivity index (χ2n) is 4.51. The number of aliphatic hydroxyl groups is 1. The summed E-state index contributed by atoms with van der Waals surface area (Å²) < 4.78 is 5.59. The summed E-state index contributed by atoms with van der Waals surface area (Å²) in [6, 6.07) is 0. The van der Waals surface area contributed by atoms with Crippen LogP contribution in [0, 0.1) is 5.41 Å². The fourth-order valence-electron chi connectivity index (χ4n) is 1.72. The van der Waals surface area contributed by atoms with Gasteiger partial charge in [0.1, 0.15) is 17.6 Å². The van der Waals surface area contributed by atoms with Gasteiger partial charge in [-0.1, -0.05) is 13.0 Å². The Balaban J connectivity index is 0.00000122. The molecule has 0 spiro atoms. The third-order valence-corrected chi connectivity index (χ3v) is 2.73. The van der Waals surface area contributed by atoms with E-state index in [1.165, 1.54) is 6.21 Å². The molecule has 0 saturated carbocycles. The Morgan fingerprint density at radius 2 is 2.10 bits per heavy atom. The molecule has 0 aromatic rings. The van der Waals surface area contributed by atoms with Gasteiger partial charge in [0.05, 0.1) is 6.10 Å². The Kier molecular flexibility index (Phi) is 9.07. The minimum absolute atomic E-state index is 0.0166. The maximum Gasteiger partial charge on any atom is 0.155 e. The molecule has 21 heavy (non-hydrogen) atoms. The van der Waals surface area contributed by atoms with Gasteiger partial charge >= 0.3 is 0 Å². The molecule has 1 aliphatic heterocycles. The summed E-state index contributed by atoms with van der Waals surface area (Å²) in [6.07, 6.45) is 3.48. The molecule has 7 heteroatoms. The predicted molar refractivity (Wildman–Crippen MR) is 85.9 cm³/mol. The van der Waals surface area contributed by atoms with Gasteiger partial charge in [-0.25, -0.2) is 4.99 Å². The maximum atomic E-state index is 9.84. The number of rotatable bonds is 5. The van der Waals surface area contributed by atoms with E-state index in [1.54, 1.807) is 13.0 Å². The van der Waals surface area contributed by atoms with Gasteiger partial charge in [0.25, 0.3) is 0 Å². The second-order valence-corrected chi connectivity index (χ2v) is 4.51. The van der Waals surface area contributed by atoms with Crippen molar-refractivity contribution in [3.05, 3.63) is 24.2 Å². The van der Waals surface area contributed by atoms with Crippen LogP contribution < -0.4 is 16.8 Å². The lowest BCUT2D eigenvalue weighted by Gasteiger charge is -2.19. The molecular formula is C14H27N5O2. The molecule has 1 fully saturated rings. The molecule has 1 saturated heterocycles. The van der Waals surface area contributed by atoms with E-state index in [0.29, 0.717) is 6.42 Å². The third kappa shape index (κ3) is 6.42. The van der Waals surface area contributed by atoms with Gasteiger partial charge in [-0.15, -0.1) is 6.58 Å². The summed E-state index contributed by atoms with van der Waals surface area (Å²) in [5.41, 5.74) is 11.0. The Hall–Kier alpha value is -1.86. The summed E-state index contributed by atoms with van der Waals surface area (Å²) >= 11 is 0. The van der Waals surface area contributed by atoms with Gasteiger partial charge < -0.3 is 26.6 Å². The number of nitrogens with one attached hydrogen (secondary N) is 2. The number of ether oxygens (including phenoxy) is 1. The monoisotopic (exact) mass is 297 g/mol. The molecule has 0 amide bonds. The molecule has 0 aromatic carbocycles. The predicted octanol–water partition coefficient (Wildman–Crippen LogP) is 0.809. The number of amidine groups is 1. The number of aliphatic imine (C=N–C) groups is 1. The first kappa shape index (κ1) is 19.1. The van der Waals surface area contributed by atoms with Crippen LogP contribution in [0.5, 0.6) is 0 Å². The highest BCUT2D eigenvalue weighted by Gasteiger charge is 2.33. The van der Waals surface area contributed by atoms with E-state index in [-0.39, 0.29) is 23.5 Å². The summed E-state index contributed by atoms with van der Waals surface area (Å²) in [5.74, 6) is -0.0339. The molecule has 1 rings (SSSR count). The van der Waals surface area contributed by atoms with Crippen LogP contribution in [0.3, 0.4) is 0 Å². The van der Waals surface area contributed by atoms with Gasteiger partial charge in [0.15, 0.2) is 12.0 Å². The van der Waals surface area contributed by atoms with Crippen molar-refractivity contribution in [1.82, 2.24) is 5.32 Å². The van der Waals surface area contributed by atoms with Crippen LogP contribution >= 0.6 is 0 Å². The van der Waals surface area contributed by atoms with Crippen LogP contribution in [-0.2, 0) is 4.74 Å². The second kappa shape index (κ2) is 9.95. The highest BCUT2D eigenvalue weighted by Crippen LogP contribution is 2.22. The molecule has 0 aliphatic carbocycles. The first-order chi connectivity index (χ1) is 9.90. The zero-order chi connectivity index (χ0) is 16.4. The molecule has 0 radical (unpaired) electrons. The zero-order valence-electron chi connectivity index (χ0n) is 13.0. The molecule has 7 nitrogen and oxygen atoms in total. The van der Waals surface area contributed by atoms with E-state index < -0.39 is 12.3 Å². The van der Waals surface area contributed by atoms with Crippen molar-refractivity contribution in [2.45, 2.75) is 52.0 Å². The van der Waals surface area contributed by atoms with E-state index in [2.05, 4.69) is 16.9 Å². The molecule has 1 heterocycles. The van der Waals surface area contributed by atoms with Crippen LogP contribution in [0.1, 0.15) is 33.6 Å². The Bertz CT molecular complexity index is 406. The van der Waals surface area contributed by atoms with E-state index in [0.717, 1.165) is 6.42 Å². The lowest BCUT2D eigenvalue weighted by molar-refractivity contribution is -0.00553. The third-order valence-electron chi connectivity index (χ3n) is 2.73. The first-order valence-electron chi connectivity index (χ1n) is 6.91. The first-order valence-corrected chi connectivity index (χ1v) is 6.91. The number of aliphatic hydroxyl groups excluding tert-OH is 1. The smallest absolute Gasteiger partial charge is 0.155 e. The maximum absolute atomic E-state index is 9.84. The number of allylic oxidation sites excluding steroid dienone is 1. The fourth-order valence-corrected chi connectivity index (χ4v) is 1.72. The van der Waals surface area contributed by atoms with Gasteiger partial charge in [0.2, 0.25) is 0 Å². The summed E-state index contributed by atoms with van der Waals surface area (Å²) in [4.78, 5) is 4.00. The van der Waals surface area contributed by atoms with Crippen LogP contribution in [0.2, 0.25) is 0 Å². The lowest BCUT2D eigenvalue weighted by Crippen LogP contribution is -2.38. The normalized spacial score (nSPS) is 25.8. The van der Waals surface area contributed by atoms with E-state index in [9.17, 15) is 5.11 Å². The molecule has 1 unspecified atom stereocenters. The van der Waals surface area contributed by atoms with Crippen LogP contribution in [0.15, 0.2) is 29.2 Å². The fraction of sp³-hybridized carbons (Fsp3) is 0.571. The van der Waals surface area contributed by atoms with Crippen LogP contribution in [0.4, 0.5) is 0 Å². The molecule has 0 aromatic heterocycles. The van der Waals surface area contributed by atoms with Crippen molar-refractivity contribution in [2.75, 3.05) is 0 Å². The SMILES string of the molecule is C/C=N\C(NC1O[C@H](CC)C[C@@H]1O)=C(\N)C(=N)N.C=CC. The van der Waals surface area contributed by atoms with Gasteiger partial charge in [-0.2, -0.15) is 0 Å². The van der Waals surface area contributed by atoms with Gasteiger partial charge in [-0.05, 0) is 20.3 Å². The quantitative estimate of drug-likeness (QED) is 0.291. The van der Waals surface area contributed by atoms with Crippen molar-refractivity contribution < 1.29 is 9.84 Å². The summed E-state index contributed by atoms with van der Waals surface area (Å²) in [7, 11) is 0. The largest absolute Gasteiger partial charge is 0.393 e. The van der Waals surface area contributed by atoms with Gasteiger partial charge in [-0.3, -0.25) is 5.41 Å². The number of nitrogens with zero attached hydrogens (tertiary/aromatic N) is 1. The average Bonchev–Trinajstić information content (AvgIpc) is 2.79. The number of hydrogen-bond acceptors (Lipinski definition) is 6. The molecule has 120 valence electrons. The van der Waals surface area contributed by atoms with Gasteiger partial charge in [0, 0.05) is 12.6 Å². The molecule has 0 bridgehead atoms. The Labute approximate surface area is 126 Å². The standard InChI is InChI=1S/C11H21N5O2.C3H6/c1-3-6-5-7(17)11(18-6)16-10(15-4-2)8(12)9(13)14;1-3-2/h4,6-7,11,16-17H,3,5,12H2,1-2H3,(H3,13,14);3H,1H2,2H3/b10-8-,15-4-;/t6-,7+,11?;/m1./s1. The highest BCUT2D eigenvalue weighted by atomic mass is 16.5. The Morgan fingerprint density at radius 1 is 1.52 bits per heavy atom. The van der Waals surface area contributed by atoms with Crippen molar-refractivity contribution >= 4 is 12.1 Å². The summed E-state index contributed by atoms with van der Waals surface area (Å²) in [6.45, 7) is 8.96. The number of hydrogen-bond donors (Lipinski definition) is 5. The summed E-state index contributed by atoms with van der Waals surface area (Å²) in [5, 5.41) is 20.0. The van der Waals surface area contributed by atoms with Crippen molar-refractivity contribution in [3.8, 4) is 0 Å². The highest BCUT2D eigenvalue weighted by molar-refractivity contribution is 5.94. The molecule has 3 atom stereocenters. The minimum Gasteiger partial charge on any atom is -0.393 e. The topological polar surface area (TPSA) is 130 Å². The van der Waals surface area contributed by atoms with Crippen molar-refractivity contribution in [1.29, 1.82) is 5.41 Å².